The number of carbonyl (C=O) groups excluding carboxylic acids is 3. The van der Waals surface area contributed by atoms with Crippen LogP contribution < -0.4 is 10.7 Å². The molecule has 6 N–H and O–H groups in total. The number of amides is 2. The van der Waals surface area contributed by atoms with Gasteiger partial charge < -0.3 is 30.4 Å². The van der Waals surface area contributed by atoms with Crippen molar-refractivity contribution in [1.82, 2.24) is 15.4 Å². The molecular formula is C34H41N5O7. The van der Waals surface area contributed by atoms with Crippen molar-refractivity contribution in [2.24, 2.45) is 33.7 Å². The van der Waals surface area contributed by atoms with Gasteiger partial charge in [0.15, 0.2) is 5.69 Å². The van der Waals surface area contributed by atoms with Gasteiger partial charge in [-0.1, -0.05) is 25.1 Å². The van der Waals surface area contributed by atoms with Crippen molar-refractivity contribution in [1.29, 1.82) is 0 Å². The number of para-hydroxylation sites is 1. The van der Waals surface area contributed by atoms with E-state index in [1.807, 2.05) is 6.07 Å². The summed E-state index contributed by atoms with van der Waals surface area (Å²) in [7, 11) is 0. The van der Waals surface area contributed by atoms with Crippen LogP contribution >= 0.6 is 0 Å². The molecule has 0 unspecified atom stereocenters. The lowest BCUT2D eigenvalue weighted by Crippen LogP contribution is -2.68. The topological polar surface area (TPSA) is 186 Å². The smallest absolute Gasteiger partial charge is 0.331 e. The molecule has 7 rings (SSSR count). The average Bonchev–Trinajstić information content (AvgIpc) is 3.75. The maximum Gasteiger partial charge on any atom is 0.331 e. The van der Waals surface area contributed by atoms with E-state index in [1.165, 1.54) is 6.33 Å². The van der Waals surface area contributed by atoms with Crippen molar-refractivity contribution in [3.63, 3.8) is 0 Å². The maximum absolute atomic E-state index is 13.3. The van der Waals surface area contributed by atoms with Crippen LogP contribution in [0.3, 0.4) is 0 Å². The number of hydrogen-bond acceptors (Lipinski definition) is 9. The van der Waals surface area contributed by atoms with E-state index in [4.69, 9.17) is 4.74 Å². The second-order valence-corrected chi connectivity index (χ2v) is 14.2. The molecule has 244 valence electrons. The summed E-state index contributed by atoms with van der Waals surface area (Å²) < 4.78 is 5.24. The van der Waals surface area contributed by atoms with Gasteiger partial charge in [0.2, 0.25) is 0 Å². The van der Waals surface area contributed by atoms with Crippen molar-refractivity contribution in [3.8, 4) is 0 Å². The van der Waals surface area contributed by atoms with E-state index in [1.54, 1.807) is 36.6 Å². The SMILES string of the molecule is C[C@]12CC[C@H]3[C@@H](CC[C@]4(O)C[C@H](O)CC[C@]34/C=N\NC(=O)c3nc[nH]c3C(=O)Nc3ccccc3)[C@]1(O)CC[C@H]2C1=CC(=O)OC1. The van der Waals surface area contributed by atoms with E-state index in [9.17, 15) is 29.7 Å². The van der Waals surface area contributed by atoms with Crippen molar-refractivity contribution in [2.75, 3.05) is 11.9 Å². The van der Waals surface area contributed by atoms with Gasteiger partial charge in [0.05, 0.1) is 23.6 Å². The third-order valence-corrected chi connectivity index (χ3v) is 12.2. The molecule has 1 aliphatic heterocycles. The molecular weight excluding hydrogens is 590 g/mol. The maximum atomic E-state index is 13.3. The van der Waals surface area contributed by atoms with E-state index in [2.05, 4.69) is 32.7 Å². The lowest BCUT2D eigenvalue weighted by molar-refractivity contribution is -0.237. The molecule has 0 spiro atoms. The van der Waals surface area contributed by atoms with Gasteiger partial charge in [-0.15, -0.1) is 0 Å². The molecule has 4 saturated carbocycles. The van der Waals surface area contributed by atoms with Crippen molar-refractivity contribution in [3.05, 3.63) is 59.7 Å². The number of nitrogens with one attached hydrogen (secondary N) is 3. The Morgan fingerprint density at radius 1 is 1.04 bits per heavy atom. The number of aromatic amines is 1. The molecule has 5 aliphatic rings. The zero-order valence-electron chi connectivity index (χ0n) is 25.9. The number of carbonyl (C=O) groups is 3. The summed E-state index contributed by atoms with van der Waals surface area (Å²) in [4.78, 5) is 44.9. The minimum atomic E-state index is -1.27. The molecule has 4 fully saturated rings. The van der Waals surface area contributed by atoms with Gasteiger partial charge in [-0.2, -0.15) is 5.10 Å². The first-order valence-corrected chi connectivity index (χ1v) is 16.2. The number of fused-ring (bicyclic) bond motifs is 5. The molecule has 12 heteroatoms. The summed E-state index contributed by atoms with van der Waals surface area (Å²) >= 11 is 0. The van der Waals surface area contributed by atoms with Crippen LogP contribution in [0.2, 0.25) is 0 Å². The second kappa shape index (κ2) is 11.1. The number of rotatable bonds is 6. The number of aromatic nitrogens is 2. The number of hydrogen-bond donors (Lipinski definition) is 6. The largest absolute Gasteiger partial charge is 0.458 e. The molecule has 2 amide bonds. The molecule has 2 heterocycles. The Kier molecular flexibility index (Phi) is 7.45. The Bertz CT molecular complexity index is 1610. The van der Waals surface area contributed by atoms with E-state index < -0.39 is 40.0 Å². The predicted octanol–water partition coefficient (Wildman–Crippen LogP) is 3.09. The molecule has 2 aromatic rings. The first-order valence-electron chi connectivity index (χ1n) is 16.2. The van der Waals surface area contributed by atoms with Gasteiger partial charge in [0.25, 0.3) is 11.8 Å². The number of ether oxygens (including phenoxy) is 1. The summed E-state index contributed by atoms with van der Waals surface area (Å²) in [5, 5.41) is 42.6. The molecule has 1 aromatic heterocycles. The van der Waals surface area contributed by atoms with Crippen LogP contribution in [0.5, 0.6) is 0 Å². The number of nitrogens with zero attached hydrogens (tertiary/aromatic N) is 2. The Balaban J connectivity index is 1.15. The van der Waals surface area contributed by atoms with E-state index in [-0.39, 0.29) is 48.1 Å². The number of benzene rings is 1. The Labute approximate surface area is 266 Å². The van der Waals surface area contributed by atoms with Gasteiger partial charge in [-0.3, -0.25) is 9.59 Å². The molecule has 0 radical (unpaired) electrons. The number of aliphatic hydroxyl groups is 3. The number of esters is 1. The normalized spacial score (nSPS) is 38.3. The summed E-state index contributed by atoms with van der Waals surface area (Å²) in [5.74, 6) is -1.81. The zero-order chi connectivity index (χ0) is 32.3. The molecule has 1 aromatic carbocycles. The first kappa shape index (κ1) is 30.8. The number of cyclic esters (lactones) is 1. The number of imidazole rings is 1. The molecule has 0 saturated heterocycles. The van der Waals surface area contributed by atoms with Gasteiger partial charge >= 0.3 is 5.97 Å². The fourth-order valence-corrected chi connectivity index (χ4v) is 9.97. The van der Waals surface area contributed by atoms with Gasteiger partial charge in [0, 0.05) is 35.2 Å². The lowest BCUT2D eigenvalue weighted by Gasteiger charge is -2.65. The molecule has 8 atom stereocenters. The number of anilines is 1. The van der Waals surface area contributed by atoms with Crippen molar-refractivity contribution < 1.29 is 34.4 Å². The van der Waals surface area contributed by atoms with Crippen LogP contribution in [0.15, 0.2) is 53.4 Å². The van der Waals surface area contributed by atoms with Crippen LogP contribution in [0.1, 0.15) is 85.7 Å². The fourth-order valence-electron chi connectivity index (χ4n) is 9.97. The van der Waals surface area contributed by atoms with E-state index >= 15 is 0 Å². The van der Waals surface area contributed by atoms with Crippen molar-refractivity contribution in [2.45, 2.75) is 82.0 Å². The molecule has 12 nitrogen and oxygen atoms in total. The summed E-state index contributed by atoms with van der Waals surface area (Å²) in [5.41, 5.74) is 0.255. The third-order valence-electron chi connectivity index (χ3n) is 12.2. The monoisotopic (exact) mass is 631 g/mol. The van der Waals surface area contributed by atoms with Crippen LogP contribution in [-0.2, 0) is 9.53 Å². The van der Waals surface area contributed by atoms with E-state index in [0.717, 1.165) is 12.0 Å². The first-order chi connectivity index (χ1) is 22.0. The number of hydrazone groups is 1. The lowest BCUT2D eigenvalue weighted by atomic mass is 9.41. The minimum absolute atomic E-state index is 0.0150. The van der Waals surface area contributed by atoms with Crippen LogP contribution in [0.4, 0.5) is 5.69 Å². The highest BCUT2D eigenvalue weighted by molar-refractivity contribution is 6.10. The number of aliphatic hydroxyl groups excluding tert-OH is 1. The van der Waals surface area contributed by atoms with Crippen LogP contribution in [0.25, 0.3) is 0 Å². The highest BCUT2D eigenvalue weighted by Gasteiger charge is 2.71. The summed E-state index contributed by atoms with van der Waals surface area (Å²) in [6.07, 6.45) is 8.62. The minimum Gasteiger partial charge on any atom is -0.458 e. The molecule has 4 aliphatic carbocycles. The average molecular weight is 632 g/mol. The van der Waals surface area contributed by atoms with Gasteiger partial charge in [-0.25, -0.2) is 15.2 Å². The molecule has 0 bridgehead atoms. The summed E-state index contributed by atoms with van der Waals surface area (Å²) in [6.45, 7) is 2.40. The number of H-pyrrole nitrogens is 1. The highest BCUT2D eigenvalue weighted by Crippen LogP contribution is 2.70. The van der Waals surface area contributed by atoms with Crippen LogP contribution in [-0.4, -0.2) is 73.2 Å². The predicted molar refractivity (Wildman–Crippen MR) is 166 cm³/mol. The Hall–Kier alpha value is -3.87. The quantitative estimate of drug-likeness (QED) is 0.159. The Morgan fingerprint density at radius 3 is 2.59 bits per heavy atom. The Morgan fingerprint density at radius 2 is 1.83 bits per heavy atom. The highest BCUT2D eigenvalue weighted by atomic mass is 16.5. The molecule has 46 heavy (non-hydrogen) atoms. The third kappa shape index (κ3) is 4.64. The fraction of sp³-hybridized carbons (Fsp3) is 0.559. The second-order valence-electron chi connectivity index (χ2n) is 14.2. The van der Waals surface area contributed by atoms with Crippen LogP contribution in [0, 0.1) is 28.6 Å². The van der Waals surface area contributed by atoms with E-state index in [0.29, 0.717) is 50.6 Å². The van der Waals surface area contributed by atoms with Gasteiger partial charge in [-0.05, 0) is 86.8 Å². The standard InChI is InChI=1S/C34H41N5O7/c1-31-11-8-24-25(34(31,45)14-10-23(31)20-15-26(41)46-17-20)9-13-33(44)16-22(40)7-12-32(24,33)18-37-39-30(43)28-27(35-19-36-28)29(42)38-21-5-3-2-4-6-21/h2-6,15,18-19,22-25,40,44-45H,7-14,16-17H2,1H3,(H,35,36)(H,38,42)(H,39,43)/b37-18-/t22-,23+,24+,25-,31-,32+,33+,34-/m1/s1. The zero-order valence-corrected chi connectivity index (χ0v) is 25.9. The van der Waals surface area contributed by atoms with Crippen molar-refractivity contribution >= 4 is 29.7 Å². The van der Waals surface area contributed by atoms with Gasteiger partial charge in [0.1, 0.15) is 12.3 Å². The summed E-state index contributed by atoms with van der Waals surface area (Å²) in [6, 6.07) is 8.86.